The Kier molecular flexibility index (Phi) is 13.8. The molecular formula is C6H18AlO3P. The molecule has 0 aliphatic heterocycles. The molecular weight excluding hydrogens is 178 g/mol. The molecule has 11 heavy (non-hydrogen) atoms. The van der Waals surface area contributed by atoms with E-state index in [1.165, 1.54) is 15.8 Å². The van der Waals surface area contributed by atoms with Crippen molar-refractivity contribution in [1.29, 1.82) is 0 Å². The largest absolute Gasteiger partial charge is 0.326 e. The molecule has 0 amide bonds. The Morgan fingerprint density at radius 1 is 1.09 bits per heavy atom. The van der Waals surface area contributed by atoms with Gasteiger partial charge in [0.2, 0.25) is 0 Å². The zero-order valence-corrected chi connectivity index (χ0v) is 9.66. The summed E-state index contributed by atoms with van der Waals surface area (Å²) in [7, 11) is -3.13. The van der Waals surface area contributed by atoms with Crippen molar-refractivity contribution < 1.29 is 14.4 Å². The molecule has 0 aliphatic carbocycles. The smallest absolute Gasteiger partial charge is 0.314 e. The van der Waals surface area contributed by atoms with E-state index >= 15 is 0 Å². The SMILES string of the molecule is C[CH2][Al]([CH2]C)[CH2]C.O=[PH](O)O. The van der Waals surface area contributed by atoms with E-state index in [-0.39, 0.29) is 14.1 Å². The summed E-state index contributed by atoms with van der Waals surface area (Å²) in [5.41, 5.74) is 0. The number of rotatable bonds is 3. The lowest BCUT2D eigenvalue weighted by Gasteiger charge is -1.97. The topological polar surface area (TPSA) is 57.5 Å². The standard InChI is InChI=1S/3C2H5.Al.H3O3P/c3*1-2;;1-4(2)3/h3*1H2,2H3;;4H,(H2,1,2,3). The number of hydrogen-bond donors (Lipinski definition) is 2. The lowest BCUT2D eigenvalue weighted by molar-refractivity contribution is 0.405. The lowest BCUT2D eigenvalue weighted by atomic mass is 10.9. The summed E-state index contributed by atoms with van der Waals surface area (Å²) in [4.78, 5) is 14.3. The second-order valence-corrected chi connectivity index (χ2v) is 7.12. The molecule has 0 saturated carbocycles. The van der Waals surface area contributed by atoms with Gasteiger partial charge in [0.05, 0.1) is 0 Å². The van der Waals surface area contributed by atoms with Crippen LogP contribution in [0.5, 0.6) is 0 Å². The summed E-state index contributed by atoms with van der Waals surface area (Å²) in [5, 5.41) is 4.48. The third-order valence-corrected chi connectivity index (χ3v) is 5.20. The van der Waals surface area contributed by atoms with Gasteiger partial charge in [-0.1, -0.05) is 36.6 Å². The molecule has 0 unspecified atom stereocenters. The zero-order chi connectivity index (χ0) is 9.28. The van der Waals surface area contributed by atoms with Gasteiger partial charge in [0, 0.05) is 0 Å². The third kappa shape index (κ3) is 18.0. The van der Waals surface area contributed by atoms with E-state index in [4.69, 9.17) is 14.4 Å². The minimum atomic E-state index is -3.13. The van der Waals surface area contributed by atoms with E-state index in [1.807, 2.05) is 0 Å². The van der Waals surface area contributed by atoms with Crippen molar-refractivity contribution in [1.82, 2.24) is 0 Å². The Morgan fingerprint density at radius 3 is 1.27 bits per heavy atom. The highest BCUT2D eigenvalue weighted by molar-refractivity contribution is 7.30. The van der Waals surface area contributed by atoms with E-state index in [9.17, 15) is 0 Å². The van der Waals surface area contributed by atoms with Crippen LogP contribution in [-0.2, 0) is 4.57 Å². The van der Waals surface area contributed by atoms with Gasteiger partial charge in [-0.2, -0.15) is 0 Å². The summed E-state index contributed by atoms with van der Waals surface area (Å²) >= 11 is -0.171. The molecule has 0 rings (SSSR count). The highest BCUT2D eigenvalue weighted by Gasteiger charge is 2.05. The van der Waals surface area contributed by atoms with Crippen LogP contribution in [0.1, 0.15) is 20.8 Å². The first-order chi connectivity index (χ1) is 5.08. The molecule has 0 spiro atoms. The minimum Gasteiger partial charge on any atom is -0.326 e. The van der Waals surface area contributed by atoms with Crippen molar-refractivity contribution in [2.45, 2.75) is 36.6 Å². The Morgan fingerprint density at radius 2 is 1.27 bits per heavy atom. The second-order valence-electron chi connectivity index (χ2n) is 2.37. The average Bonchev–Trinajstić information content (AvgIpc) is 1.90. The Hall–Kier alpha value is 0.682. The van der Waals surface area contributed by atoms with Crippen LogP contribution < -0.4 is 0 Å². The van der Waals surface area contributed by atoms with Crippen molar-refractivity contribution in [3.63, 3.8) is 0 Å². The fourth-order valence-electron chi connectivity index (χ4n) is 0.866. The van der Waals surface area contributed by atoms with Gasteiger partial charge in [-0.05, 0) is 0 Å². The molecule has 0 aromatic carbocycles. The molecule has 68 valence electrons. The van der Waals surface area contributed by atoms with Gasteiger partial charge in [-0.25, -0.2) is 0 Å². The lowest BCUT2D eigenvalue weighted by Crippen LogP contribution is -2.04. The quantitative estimate of drug-likeness (QED) is 0.535. The summed E-state index contributed by atoms with van der Waals surface area (Å²) in [6.45, 7) is 6.97. The molecule has 0 saturated heterocycles. The molecule has 3 nitrogen and oxygen atoms in total. The van der Waals surface area contributed by atoms with Gasteiger partial charge < -0.3 is 9.79 Å². The highest BCUT2D eigenvalue weighted by atomic mass is 31.1. The zero-order valence-electron chi connectivity index (χ0n) is 7.50. The summed E-state index contributed by atoms with van der Waals surface area (Å²) < 4.78 is 8.74. The van der Waals surface area contributed by atoms with Crippen molar-refractivity contribution >= 4 is 22.4 Å². The average molecular weight is 196 g/mol. The molecule has 0 aliphatic rings. The molecule has 2 N–H and O–H groups in total. The van der Waals surface area contributed by atoms with E-state index in [1.54, 1.807) is 0 Å². The monoisotopic (exact) mass is 196 g/mol. The maximum Gasteiger partial charge on any atom is 0.314 e. The fraction of sp³-hybridized carbons (Fsp3) is 1.00. The van der Waals surface area contributed by atoms with Crippen LogP contribution in [0.2, 0.25) is 15.8 Å². The van der Waals surface area contributed by atoms with E-state index in [0.717, 1.165) is 0 Å². The van der Waals surface area contributed by atoms with Crippen LogP contribution in [0.25, 0.3) is 0 Å². The molecule has 5 heteroatoms. The highest BCUT2D eigenvalue weighted by Crippen LogP contribution is 2.01. The molecule has 0 atom stereocenters. The molecule has 0 bridgehead atoms. The Labute approximate surface area is 73.8 Å². The van der Waals surface area contributed by atoms with Crippen LogP contribution in [0.15, 0.2) is 0 Å². The summed E-state index contributed by atoms with van der Waals surface area (Å²) in [6, 6.07) is 0. The first-order valence-electron chi connectivity index (χ1n) is 4.00. The van der Waals surface area contributed by atoms with Crippen LogP contribution >= 0.6 is 8.25 Å². The van der Waals surface area contributed by atoms with Crippen LogP contribution in [-0.4, -0.2) is 23.9 Å². The Balaban J connectivity index is 0. The fourth-order valence-corrected chi connectivity index (χ4v) is 2.60. The van der Waals surface area contributed by atoms with Gasteiger partial charge in [0.1, 0.15) is 0 Å². The predicted molar refractivity (Wildman–Crippen MR) is 50.6 cm³/mol. The van der Waals surface area contributed by atoms with Gasteiger partial charge in [-0.3, -0.25) is 4.57 Å². The van der Waals surface area contributed by atoms with Gasteiger partial charge in [0.15, 0.2) is 0 Å². The molecule has 0 heterocycles. The third-order valence-electron chi connectivity index (χ3n) is 1.73. The maximum atomic E-state index is 8.74. The maximum absolute atomic E-state index is 8.74. The first kappa shape index (κ1) is 14.2. The van der Waals surface area contributed by atoms with Crippen molar-refractivity contribution in [2.24, 2.45) is 0 Å². The normalized spacial score (nSPS) is 8.91. The minimum absolute atomic E-state index is 0.171. The number of hydrogen-bond acceptors (Lipinski definition) is 1. The predicted octanol–water partition coefficient (Wildman–Crippen LogP) is 1.90. The van der Waals surface area contributed by atoms with Gasteiger partial charge >= 0.3 is 8.25 Å². The second kappa shape index (κ2) is 10.7. The van der Waals surface area contributed by atoms with Crippen molar-refractivity contribution in [3.8, 4) is 0 Å². The molecule has 0 radical (unpaired) electrons. The van der Waals surface area contributed by atoms with Crippen molar-refractivity contribution in [3.05, 3.63) is 0 Å². The molecule has 0 aromatic heterocycles. The van der Waals surface area contributed by atoms with E-state index < -0.39 is 8.25 Å². The van der Waals surface area contributed by atoms with Crippen molar-refractivity contribution in [2.75, 3.05) is 0 Å². The Bertz CT molecular complexity index is 86.3. The van der Waals surface area contributed by atoms with Gasteiger partial charge in [-0.15, -0.1) is 0 Å². The molecule has 0 aromatic rings. The van der Waals surface area contributed by atoms with Crippen LogP contribution in [0, 0.1) is 0 Å². The van der Waals surface area contributed by atoms with Crippen LogP contribution in [0.3, 0.4) is 0 Å². The summed E-state index contributed by atoms with van der Waals surface area (Å²) in [5.74, 6) is 0. The van der Waals surface area contributed by atoms with E-state index in [0.29, 0.717) is 0 Å². The summed E-state index contributed by atoms with van der Waals surface area (Å²) in [6.07, 6.45) is 0. The van der Waals surface area contributed by atoms with E-state index in [2.05, 4.69) is 20.8 Å². The first-order valence-corrected chi connectivity index (χ1v) is 7.75. The molecule has 0 fully saturated rings. The van der Waals surface area contributed by atoms with Gasteiger partial charge in [0.25, 0.3) is 14.1 Å². The van der Waals surface area contributed by atoms with Crippen LogP contribution in [0.4, 0.5) is 0 Å².